The van der Waals surface area contributed by atoms with Crippen molar-refractivity contribution in [3.8, 4) is 0 Å². The van der Waals surface area contributed by atoms with E-state index in [1.54, 1.807) is 0 Å². The largest absolute Gasteiger partial charge is 0.478 e. The van der Waals surface area contributed by atoms with Gasteiger partial charge in [-0.3, -0.25) is 4.72 Å². The van der Waals surface area contributed by atoms with E-state index in [1.165, 1.54) is 0 Å². The molecule has 0 heterocycles. The molecule has 1 fully saturated rings. The molecule has 1 aliphatic carbocycles. The number of aromatic carboxylic acids is 2. The number of benzene rings is 1. The Morgan fingerprint density at radius 2 is 1.55 bits per heavy atom. The van der Waals surface area contributed by atoms with Crippen molar-refractivity contribution in [1.82, 2.24) is 4.72 Å². The SMILES string of the molecule is O=C(O)c1cc(NS(=O)(=O)NC2CC2)cc(C(=O)O)c1. The van der Waals surface area contributed by atoms with E-state index < -0.39 is 22.1 Å². The number of carboxylic acids is 2. The second kappa shape index (κ2) is 5.10. The quantitative estimate of drug-likeness (QED) is 0.604. The smallest absolute Gasteiger partial charge is 0.335 e. The molecule has 2 rings (SSSR count). The lowest BCUT2D eigenvalue weighted by molar-refractivity contribution is 0.0696. The molecule has 108 valence electrons. The topological polar surface area (TPSA) is 133 Å². The highest BCUT2D eigenvalue weighted by atomic mass is 32.2. The van der Waals surface area contributed by atoms with Crippen LogP contribution in [0.3, 0.4) is 0 Å². The molecule has 1 aromatic rings. The number of carboxylic acid groups (broad SMARTS) is 2. The Kier molecular flexibility index (Phi) is 3.64. The minimum atomic E-state index is -3.84. The summed E-state index contributed by atoms with van der Waals surface area (Å²) in [6.45, 7) is 0. The summed E-state index contributed by atoms with van der Waals surface area (Å²) in [5, 5.41) is 17.8. The molecule has 8 nitrogen and oxygen atoms in total. The first-order chi connectivity index (χ1) is 9.27. The predicted octanol–water partition coefficient (Wildman–Crippen LogP) is 0.492. The van der Waals surface area contributed by atoms with E-state index in [-0.39, 0.29) is 22.9 Å². The van der Waals surface area contributed by atoms with Gasteiger partial charge in [0.15, 0.2) is 0 Å². The fraction of sp³-hybridized carbons (Fsp3) is 0.273. The van der Waals surface area contributed by atoms with Crippen LogP contribution in [-0.2, 0) is 10.2 Å². The van der Waals surface area contributed by atoms with Crippen molar-refractivity contribution in [3.05, 3.63) is 29.3 Å². The zero-order chi connectivity index (χ0) is 14.9. The minimum absolute atomic E-state index is 0.115. The van der Waals surface area contributed by atoms with Crippen molar-refractivity contribution in [2.24, 2.45) is 0 Å². The standard InChI is InChI=1S/C11H12N2O6S/c14-10(15)6-3-7(11(16)17)5-9(4-6)13-20(18,19)12-8-1-2-8/h3-5,8,12-13H,1-2H2,(H,14,15)(H,16,17). The van der Waals surface area contributed by atoms with Crippen LogP contribution < -0.4 is 9.44 Å². The maximum atomic E-state index is 11.7. The lowest BCUT2D eigenvalue weighted by Crippen LogP contribution is -2.31. The van der Waals surface area contributed by atoms with E-state index in [0.29, 0.717) is 0 Å². The number of anilines is 1. The Labute approximate surface area is 114 Å². The molecule has 9 heteroatoms. The van der Waals surface area contributed by atoms with Gasteiger partial charge in [-0.05, 0) is 31.0 Å². The summed E-state index contributed by atoms with van der Waals surface area (Å²) >= 11 is 0. The van der Waals surface area contributed by atoms with Crippen LogP contribution in [0.5, 0.6) is 0 Å². The average Bonchev–Trinajstić information content (AvgIpc) is 3.10. The number of hydrogen-bond donors (Lipinski definition) is 4. The first-order valence-corrected chi connectivity index (χ1v) is 7.17. The number of rotatable bonds is 6. The van der Waals surface area contributed by atoms with Gasteiger partial charge in [-0.1, -0.05) is 0 Å². The molecule has 1 aliphatic rings. The molecule has 0 bridgehead atoms. The van der Waals surface area contributed by atoms with E-state index in [1.807, 2.05) is 0 Å². The number of nitrogens with one attached hydrogen (secondary N) is 2. The van der Waals surface area contributed by atoms with Gasteiger partial charge in [-0.15, -0.1) is 0 Å². The number of hydrogen-bond acceptors (Lipinski definition) is 4. The van der Waals surface area contributed by atoms with Crippen molar-refractivity contribution in [2.45, 2.75) is 18.9 Å². The van der Waals surface area contributed by atoms with Crippen molar-refractivity contribution >= 4 is 27.8 Å². The van der Waals surface area contributed by atoms with Gasteiger partial charge in [0.2, 0.25) is 0 Å². The van der Waals surface area contributed by atoms with E-state index in [4.69, 9.17) is 10.2 Å². The van der Waals surface area contributed by atoms with Gasteiger partial charge in [0.25, 0.3) is 10.2 Å². The van der Waals surface area contributed by atoms with Crippen LogP contribution in [0.1, 0.15) is 33.6 Å². The van der Waals surface area contributed by atoms with Gasteiger partial charge in [0.05, 0.1) is 16.8 Å². The Hall–Kier alpha value is -2.13. The molecular formula is C11H12N2O6S. The Morgan fingerprint density at radius 3 is 1.95 bits per heavy atom. The maximum Gasteiger partial charge on any atom is 0.335 e. The van der Waals surface area contributed by atoms with Crippen molar-refractivity contribution in [3.63, 3.8) is 0 Å². The minimum Gasteiger partial charge on any atom is -0.478 e. The summed E-state index contributed by atoms with van der Waals surface area (Å²) in [5.41, 5.74) is -0.738. The second-order valence-electron chi connectivity index (χ2n) is 4.41. The van der Waals surface area contributed by atoms with Crippen LogP contribution in [0.25, 0.3) is 0 Å². The lowest BCUT2D eigenvalue weighted by atomic mass is 10.1. The van der Waals surface area contributed by atoms with Crippen LogP contribution in [-0.4, -0.2) is 36.6 Å². The van der Waals surface area contributed by atoms with Crippen molar-refractivity contribution < 1.29 is 28.2 Å². The molecule has 1 saturated carbocycles. The van der Waals surface area contributed by atoms with E-state index >= 15 is 0 Å². The van der Waals surface area contributed by atoms with Gasteiger partial charge < -0.3 is 10.2 Å². The Morgan fingerprint density at radius 1 is 1.05 bits per heavy atom. The normalized spacial score (nSPS) is 14.8. The zero-order valence-corrected chi connectivity index (χ0v) is 11.0. The number of carbonyl (C=O) groups is 2. The molecule has 20 heavy (non-hydrogen) atoms. The maximum absolute atomic E-state index is 11.7. The summed E-state index contributed by atoms with van der Waals surface area (Å²) in [7, 11) is -3.84. The summed E-state index contributed by atoms with van der Waals surface area (Å²) in [6.07, 6.45) is 1.49. The molecule has 0 unspecified atom stereocenters. The third kappa shape index (κ3) is 3.68. The van der Waals surface area contributed by atoms with E-state index in [9.17, 15) is 18.0 Å². The monoisotopic (exact) mass is 300 g/mol. The molecular weight excluding hydrogens is 288 g/mol. The van der Waals surface area contributed by atoms with E-state index in [2.05, 4.69) is 9.44 Å². The molecule has 0 aliphatic heterocycles. The Balaban J connectivity index is 2.30. The molecule has 0 atom stereocenters. The zero-order valence-electron chi connectivity index (χ0n) is 10.2. The molecule has 0 radical (unpaired) electrons. The highest BCUT2D eigenvalue weighted by molar-refractivity contribution is 7.90. The van der Waals surface area contributed by atoms with Crippen LogP contribution in [0.15, 0.2) is 18.2 Å². The summed E-state index contributed by atoms with van der Waals surface area (Å²) in [4.78, 5) is 21.8. The predicted molar refractivity (Wildman–Crippen MR) is 69.1 cm³/mol. The fourth-order valence-corrected chi connectivity index (χ4v) is 2.70. The summed E-state index contributed by atoms with van der Waals surface area (Å²) in [5.74, 6) is -2.69. The van der Waals surface area contributed by atoms with Gasteiger partial charge in [-0.2, -0.15) is 13.1 Å². The highest BCUT2D eigenvalue weighted by Crippen LogP contribution is 2.21. The highest BCUT2D eigenvalue weighted by Gasteiger charge is 2.27. The Bertz CT molecular complexity index is 633. The molecule has 0 spiro atoms. The van der Waals surface area contributed by atoms with Crippen LogP contribution in [0.4, 0.5) is 5.69 Å². The summed E-state index contributed by atoms with van der Waals surface area (Å²) in [6, 6.07) is 2.95. The average molecular weight is 300 g/mol. The van der Waals surface area contributed by atoms with Crippen LogP contribution in [0, 0.1) is 0 Å². The molecule has 0 saturated heterocycles. The second-order valence-corrected chi connectivity index (χ2v) is 5.85. The molecule has 4 N–H and O–H groups in total. The van der Waals surface area contributed by atoms with E-state index in [0.717, 1.165) is 31.0 Å². The first-order valence-electron chi connectivity index (χ1n) is 5.68. The first kappa shape index (κ1) is 14.3. The van der Waals surface area contributed by atoms with Gasteiger partial charge in [-0.25, -0.2) is 9.59 Å². The summed E-state index contributed by atoms with van der Waals surface area (Å²) < 4.78 is 27.8. The van der Waals surface area contributed by atoms with Crippen LogP contribution in [0.2, 0.25) is 0 Å². The van der Waals surface area contributed by atoms with Gasteiger partial charge >= 0.3 is 11.9 Å². The molecule has 0 amide bonds. The molecule has 1 aromatic carbocycles. The third-order valence-electron chi connectivity index (χ3n) is 2.58. The van der Waals surface area contributed by atoms with Crippen molar-refractivity contribution in [2.75, 3.05) is 4.72 Å². The van der Waals surface area contributed by atoms with Gasteiger partial charge in [0.1, 0.15) is 0 Å². The third-order valence-corrected chi connectivity index (χ3v) is 3.73. The fourth-order valence-electron chi connectivity index (χ4n) is 1.54. The van der Waals surface area contributed by atoms with Crippen molar-refractivity contribution in [1.29, 1.82) is 0 Å². The van der Waals surface area contributed by atoms with Crippen LogP contribution >= 0.6 is 0 Å². The molecule has 0 aromatic heterocycles. The lowest BCUT2D eigenvalue weighted by Gasteiger charge is -2.10. The van der Waals surface area contributed by atoms with Gasteiger partial charge in [0, 0.05) is 6.04 Å².